The van der Waals surface area contributed by atoms with Gasteiger partial charge in [-0.05, 0) is 36.6 Å². The Hall–Kier alpha value is -0.770. The van der Waals surface area contributed by atoms with E-state index in [1.54, 1.807) is 0 Å². The van der Waals surface area contributed by atoms with Crippen molar-refractivity contribution in [1.29, 1.82) is 0 Å². The second kappa shape index (κ2) is 7.30. The third-order valence-corrected chi connectivity index (χ3v) is 4.03. The Morgan fingerprint density at radius 3 is 2.50 bits per heavy atom. The van der Waals surface area contributed by atoms with Gasteiger partial charge in [-0.2, -0.15) is 0 Å². The molecule has 0 atom stereocenters. The van der Waals surface area contributed by atoms with Crippen LogP contribution >= 0.6 is 11.6 Å². The van der Waals surface area contributed by atoms with E-state index in [9.17, 15) is 0 Å². The average molecular weight is 296 g/mol. The molecule has 2 N–H and O–H groups in total. The molecule has 112 valence electrons. The van der Waals surface area contributed by atoms with Crippen molar-refractivity contribution in [3.63, 3.8) is 0 Å². The van der Waals surface area contributed by atoms with Gasteiger partial charge in [-0.3, -0.25) is 4.90 Å². The van der Waals surface area contributed by atoms with Gasteiger partial charge in [-0.25, -0.2) is 0 Å². The first-order chi connectivity index (χ1) is 9.60. The maximum atomic E-state index is 6.17. The minimum Gasteiger partial charge on any atom is -0.369 e. The molecule has 1 saturated heterocycles. The van der Waals surface area contributed by atoms with E-state index in [4.69, 9.17) is 17.3 Å². The number of hydrogen-bond acceptors (Lipinski definition) is 3. The summed E-state index contributed by atoms with van der Waals surface area (Å²) < 4.78 is 0. The predicted octanol–water partition coefficient (Wildman–Crippen LogP) is 2.62. The van der Waals surface area contributed by atoms with Crippen LogP contribution in [0, 0.1) is 5.92 Å². The second-order valence-electron chi connectivity index (χ2n) is 5.99. The van der Waals surface area contributed by atoms with Crippen molar-refractivity contribution < 1.29 is 0 Å². The monoisotopic (exact) mass is 295 g/mol. The van der Waals surface area contributed by atoms with Crippen LogP contribution < -0.4 is 10.6 Å². The van der Waals surface area contributed by atoms with Crippen LogP contribution in [0.25, 0.3) is 0 Å². The standard InChI is InChI=1S/C16H26ClN3/c1-13(2)12-19-7-9-20(10-8-19)16-11-15(17)4-3-14(16)5-6-18/h3-4,11,13H,5-10,12,18H2,1-2H3. The summed E-state index contributed by atoms with van der Waals surface area (Å²) in [6, 6.07) is 6.17. The fourth-order valence-corrected chi connectivity index (χ4v) is 3.05. The molecule has 0 aromatic heterocycles. The SMILES string of the molecule is CC(C)CN1CCN(c2cc(Cl)ccc2CCN)CC1. The van der Waals surface area contributed by atoms with Crippen LogP contribution in [0.5, 0.6) is 0 Å². The summed E-state index contributed by atoms with van der Waals surface area (Å²) in [6.45, 7) is 10.8. The highest BCUT2D eigenvalue weighted by molar-refractivity contribution is 6.30. The molecule has 0 spiro atoms. The molecule has 0 amide bonds. The first-order valence-corrected chi connectivity index (χ1v) is 7.93. The van der Waals surface area contributed by atoms with Crippen LogP contribution in [0.1, 0.15) is 19.4 Å². The summed E-state index contributed by atoms with van der Waals surface area (Å²) in [5, 5.41) is 0.811. The summed E-state index contributed by atoms with van der Waals surface area (Å²) in [5.74, 6) is 0.737. The van der Waals surface area contributed by atoms with E-state index in [-0.39, 0.29) is 0 Å². The number of anilines is 1. The number of rotatable bonds is 5. The quantitative estimate of drug-likeness (QED) is 0.906. The van der Waals surface area contributed by atoms with Crippen LogP contribution in [-0.2, 0) is 6.42 Å². The van der Waals surface area contributed by atoms with E-state index in [2.05, 4.69) is 35.8 Å². The zero-order chi connectivity index (χ0) is 14.5. The fourth-order valence-electron chi connectivity index (χ4n) is 2.89. The minimum atomic E-state index is 0.682. The van der Waals surface area contributed by atoms with Gasteiger partial charge in [0.1, 0.15) is 0 Å². The molecule has 1 aliphatic rings. The van der Waals surface area contributed by atoms with E-state index in [1.165, 1.54) is 17.8 Å². The number of halogens is 1. The van der Waals surface area contributed by atoms with Crippen LogP contribution in [0.4, 0.5) is 5.69 Å². The maximum absolute atomic E-state index is 6.17. The Bertz CT molecular complexity index is 426. The van der Waals surface area contributed by atoms with Crippen molar-refractivity contribution in [3.05, 3.63) is 28.8 Å². The van der Waals surface area contributed by atoms with Crippen molar-refractivity contribution in [2.45, 2.75) is 20.3 Å². The van der Waals surface area contributed by atoms with Gasteiger partial charge in [0.05, 0.1) is 0 Å². The van der Waals surface area contributed by atoms with Crippen molar-refractivity contribution >= 4 is 17.3 Å². The third-order valence-electron chi connectivity index (χ3n) is 3.80. The zero-order valence-corrected chi connectivity index (χ0v) is 13.4. The van der Waals surface area contributed by atoms with Crippen molar-refractivity contribution in [2.24, 2.45) is 11.7 Å². The van der Waals surface area contributed by atoms with E-state index in [0.717, 1.165) is 43.5 Å². The van der Waals surface area contributed by atoms with Gasteiger partial charge in [0.2, 0.25) is 0 Å². The lowest BCUT2D eigenvalue weighted by atomic mass is 10.1. The zero-order valence-electron chi connectivity index (χ0n) is 12.6. The fraction of sp³-hybridized carbons (Fsp3) is 0.625. The number of nitrogens with zero attached hydrogens (tertiary/aromatic N) is 2. The second-order valence-corrected chi connectivity index (χ2v) is 6.43. The van der Waals surface area contributed by atoms with Gasteiger partial charge in [-0.15, -0.1) is 0 Å². The van der Waals surface area contributed by atoms with Gasteiger partial charge < -0.3 is 10.6 Å². The number of hydrogen-bond donors (Lipinski definition) is 1. The Morgan fingerprint density at radius 2 is 1.90 bits per heavy atom. The van der Waals surface area contributed by atoms with E-state index in [0.29, 0.717) is 6.54 Å². The lowest BCUT2D eigenvalue weighted by molar-refractivity contribution is 0.231. The van der Waals surface area contributed by atoms with Crippen LogP contribution in [0.2, 0.25) is 5.02 Å². The highest BCUT2D eigenvalue weighted by atomic mass is 35.5. The number of nitrogens with two attached hydrogens (primary N) is 1. The summed E-state index contributed by atoms with van der Waals surface area (Å²) in [6.07, 6.45) is 0.915. The smallest absolute Gasteiger partial charge is 0.0426 e. The molecule has 1 aromatic carbocycles. The Morgan fingerprint density at radius 1 is 1.20 bits per heavy atom. The van der Waals surface area contributed by atoms with Gasteiger partial charge in [0.25, 0.3) is 0 Å². The highest BCUT2D eigenvalue weighted by Gasteiger charge is 2.19. The Labute approximate surface area is 127 Å². The van der Waals surface area contributed by atoms with Crippen molar-refractivity contribution in [3.8, 4) is 0 Å². The van der Waals surface area contributed by atoms with Gasteiger partial charge in [0.15, 0.2) is 0 Å². The molecular formula is C16H26ClN3. The molecule has 3 nitrogen and oxygen atoms in total. The molecular weight excluding hydrogens is 270 g/mol. The molecule has 0 aliphatic carbocycles. The minimum absolute atomic E-state index is 0.682. The average Bonchev–Trinajstić information content (AvgIpc) is 2.41. The summed E-state index contributed by atoms with van der Waals surface area (Å²) in [5.41, 5.74) is 8.30. The summed E-state index contributed by atoms with van der Waals surface area (Å²) >= 11 is 6.17. The predicted molar refractivity (Wildman–Crippen MR) is 87.7 cm³/mol. The largest absolute Gasteiger partial charge is 0.369 e. The molecule has 0 radical (unpaired) electrons. The molecule has 0 bridgehead atoms. The van der Waals surface area contributed by atoms with Crippen LogP contribution in [-0.4, -0.2) is 44.2 Å². The summed E-state index contributed by atoms with van der Waals surface area (Å²) in [7, 11) is 0. The van der Waals surface area contributed by atoms with E-state index in [1.807, 2.05) is 6.07 Å². The number of benzene rings is 1. The normalized spacial score (nSPS) is 16.9. The third kappa shape index (κ3) is 4.11. The van der Waals surface area contributed by atoms with E-state index < -0.39 is 0 Å². The van der Waals surface area contributed by atoms with Crippen molar-refractivity contribution in [1.82, 2.24) is 4.90 Å². The van der Waals surface area contributed by atoms with Gasteiger partial charge in [-0.1, -0.05) is 31.5 Å². The van der Waals surface area contributed by atoms with Gasteiger partial charge >= 0.3 is 0 Å². The molecule has 20 heavy (non-hydrogen) atoms. The lowest BCUT2D eigenvalue weighted by Gasteiger charge is -2.37. The van der Waals surface area contributed by atoms with Gasteiger partial charge in [0, 0.05) is 43.4 Å². The topological polar surface area (TPSA) is 32.5 Å². The molecule has 4 heteroatoms. The van der Waals surface area contributed by atoms with Crippen molar-refractivity contribution in [2.75, 3.05) is 44.2 Å². The highest BCUT2D eigenvalue weighted by Crippen LogP contribution is 2.26. The summed E-state index contributed by atoms with van der Waals surface area (Å²) in [4.78, 5) is 5.00. The van der Waals surface area contributed by atoms with Crippen LogP contribution in [0.3, 0.4) is 0 Å². The van der Waals surface area contributed by atoms with E-state index >= 15 is 0 Å². The Kier molecular flexibility index (Phi) is 5.70. The van der Waals surface area contributed by atoms with Crippen LogP contribution in [0.15, 0.2) is 18.2 Å². The molecule has 1 aromatic rings. The molecule has 0 unspecified atom stereocenters. The Balaban J connectivity index is 2.04. The first-order valence-electron chi connectivity index (χ1n) is 7.56. The molecule has 1 aliphatic heterocycles. The maximum Gasteiger partial charge on any atom is 0.0426 e. The molecule has 1 fully saturated rings. The molecule has 2 rings (SSSR count). The first kappa shape index (κ1) is 15.6. The number of piperazine rings is 1. The molecule has 0 saturated carbocycles. The lowest BCUT2D eigenvalue weighted by Crippen LogP contribution is -2.47. The molecule has 1 heterocycles.